The minimum Gasteiger partial charge on any atom is -0.486 e. The molecule has 0 bridgehead atoms. The number of ether oxygens (including phenoxy) is 2. The van der Waals surface area contributed by atoms with Gasteiger partial charge in [-0.05, 0) is 42.5 Å². The molecule has 0 unspecified atom stereocenters. The fraction of sp³-hybridized carbons (Fsp3) is 0.158. The molecule has 3 aromatic rings. The number of fused-ring (bicyclic) bond motifs is 1. The van der Waals surface area contributed by atoms with E-state index in [1.54, 1.807) is 6.07 Å². The number of halogens is 2. The van der Waals surface area contributed by atoms with Crippen molar-refractivity contribution < 1.29 is 13.9 Å². The van der Waals surface area contributed by atoms with E-state index in [9.17, 15) is 0 Å². The summed E-state index contributed by atoms with van der Waals surface area (Å²) < 4.78 is 17.0. The number of benzene rings is 2. The first-order valence-corrected chi connectivity index (χ1v) is 8.62. The van der Waals surface area contributed by atoms with Gasteiger partial charge in [-0.25, -0.2) is 0 Å². The van der Waals surface area contributed by atoms with Gasteiger partial charge < -0.3 is 19.2 Å². The molecule has 1 aliphatic heterocycles. The van der Waals surface area contributed by atoms with Crippen molar-refractivity contribution in [1.82, 2.24) is 0 Å². The summed E-state index contributed by atoms with van der Waals surface area (Å²) in [4.78, 5) is 0. The Morgan fingerprint density at radius 2 is 1.60 bits per heavy atom. The van der Waals surface area contributed by atoms with E-state index < -0.39 is 0 Å². The minimum absolute atomic E-state index is 0.550. The third kappa shape index (κ3) is 3.70. The Morgan fingerprint density at radius 3 is 2.40 bits per heavy atom. The van der Waals surface area contributed by atoms with E-state index in [0.717, 1.165) is 34.3 Å². The number of nitrogens with one attached hydrogen (secondary N) is 1. The summed E-state index contributed by atoms with van der Waals surface area (Å²) in [7, 11) is 0. The zero-order valence-corrected chi connectivity index (χ0v) is 14.7. The average Bonchev–Trinajstić information content (AvgIpc) is 3.08. The zero-order valence-electron chi connectivity index (χ0n) is 13.2. The molecule has 0 fully saturated rings. The van der Waals surface area contributed by atoms with Gasteiger partial charge in [0.15, 0.2) is 11.5 Å². The number of rotatable bonds is 4. The Morgan fingerprint density at radius 1 is 0.840 bits per heavy atom. The Hall–Kier alpha value is -2.30. The van der Waals surface area contributed by atoms with Gasteiger partial charge in [0.05, 0.1) is 6.54 Å². The van der Waals surface area contributed by atoms with E-state index in [2.05, 4.69) is 5.32 Å². The van der Waals surface area contributed by atoms with Crippen molar-refractivity contribution in [2.75, 3.05) is 18.5 Å². The van der Waals surface area contributed by atoms with Crippen molar-refractivity contribution in [3.05, 3.63) is 64.3 Å². The van der Waals surface area contributed by atoms with Gasteiger partial charge in [-0.1, -0.05) is 23.2 Å². The van der Waals surface area contributed by atoms with Crippen LogP contribution >= 0.6 is 23.2 Å². The summed E-state index contributed by atoms with van der Waals surface area (Å²) in [6, 6.07) is 15.0. The topological polar surface area (TPSA) is 43.6 Å². The van der Waals surface area contributed by atoms with Gasteiger partial charge in [-0.3, -0.25) is 0 Å². The molecule has 0 aliphatic carbocycles. The van der Waals surface area contributed by atoms with Gasteiger partial charge in [0, 0.05) is 27.4 Å². The minimum atomic E-state index is 0.550. The Bertz CT molecular complexity index is 887. The normalized spacial score (nSPS) is 12.9. The molecule has 2 aromatic carbocycles. The average molecular weight is 376 g/mol. The van der Waals surface area contributed by atoms with Crippen LogP contribution in [0.3, 0.4) is 0 Å². The zero-order chi connectivity index (χ0) is 17.2. The van der Waals surface area contributed by atoms with Crippen LogP contribution in [0.25, 0.3) is 11.3 Å². The van der Waals surface area contributed by atoms with Crippen molar-refractivity contribution in [3.63, 3.8) is 0 Å². The molecule has 128 valence electrons. The van der Waals surface area contributed by atoms with Crippen LogP contribution in [0.1, 0.15) is 5.76 Å². The molecule has 0 saturated carbocycles. The highest BCUT2D eigenvalue weighted by molar-refractivity contribution is 6.35. The van der Waals surface area contributed by atoms with Crippen molar-refractivity contribution in [1.29, 1.82) is 0 Å². The van der Waals surface area contributed by atoms with Crippen LogP contribution in [-0.2, 0) is 6.54 Å². The van der Waals surface area contributed by atoms with Crippen LogP contribution in [0.15, 0.2) is 52.9 Å². The second-order valence-corrected chi connectivity index (χ2v) is 6.51. The summed E-state index contributed by atoms with van der Waals surface area (Å²) >= 11 is 12.1. The number of hydrogen-bond donors (Lipinski definition) is 1. The molecular formula is C19H15Cl2NO3. The Labute approximate surface area is 155 Å². The summed E-state index contributed by atoms with van der Waals surface area (Å²) in [5.74, 6) is 3.06. The molecule has 6 heteroatoms. The fourth-order valence-corrected chi connectivity index (χ4v) is 3.19. The van der Waals surface area contributed by atoms with E-state index in [1.165, 1.54) is 0 Å². The Balaban J connectivity index is 1.46. The molecular weight excluding hydrogens is 361 g/mol. The molecule has 1 N–H and O–H groups in total. The maximum Gasteiger partial charge on any atom is 0.163 e. The molecule has 0 radical (unpaired) electrons. The molecule has 2 heterocycles. The van der Waals surface area contributed by atoms with Crippen LogP contribution in [-0.4, -0.2) is 13.2 Å². The summed E-state index contributed by atoms with van der Waals surface area (Å²) in [6.45, 7) is 1.70. The molecule has 0 amide bonds. The van der Waals surface area contributed by atoms with Crippen LogP contribution in [0.5, 0.6) is 11.5 Å². The van der Waals surface area contributed by atoms with Crippen LogP contribution in [0, 0.1) is 0 Å². The SMILES string of the molecule is Clc1cc(Cl)cc(-c2ccc(CNc3ccc4c(c3)OCCO4)o2)c1. The number of anilines is 1. The highest BCUT2D eigenvalue weighted by atomic mass is 35.5. The second-order valence-electron chi connectivity index (χ2n) is 5.64. The second kappa shape index (κ2) is 6.90. The van der Waals surface area contributed by atoms with Gasteiger partial charge in [0.25, 0.3) is 0 Å². The maximum atomic E-state index is 6.05. The predicted molar refractivity (Wildman–Crippen MR) is 98.9 cm³/mol. The van der Waals surface area contributed by atoms with Crippen LogP contribution < -0.4 is 14.8 Å². The van der Waals surface area contributed by atoms with Crippen molar-refractivity contribution in [3.8, 4) is 22.8 Å². The quantitative estimate of drug-likeness (QED) is 0.640. The van der Waals surface area contributed by atoms with E-state index >= 15 is 0 Å². The lowest BCUT2D eigenvalue weighted by Crippen LogP contribution is -2.15. The van der Waals surface area contributed by atoms with Crippen molar-refractivity contribution in [2.45, 2.75) is 6.54 Å². The lowest BCUT2D eigenvalue weighted by atomic mass is 10.2. The molecule has 4 nitrogen and oxygen atoms in total. The van der Waals surface area contributed by atoms with Crippen molar-refractivity contribution in [2.24, 2.45) is 0 Å². The van der Waals surface area contributed by atoms with Crippen molar-refractivity contribution >= 4 is 28.9 Å². The standard InChI is InChI=1S/C19H15Cl2NO3/c20-13-7-12(8-14(21)9-13)17-4-2-16(25-17)11-22-15-1-3-18-19(10-15)24-6-5-23-18/h1-4,7-10,22H,5-6,11H2. The predicted octanol–water partition coefficient (Wildman–Crippen LogP) is 5.64. The van der Waals surface area contributed by atoms with E-state index in [0.29, 0.717) is 29.8 Å². The van der Waals surface area contributed by atoms with Crippen LogP contribution in [0.2, 0.25) is 10.0 Å². The largest absolute Gasteiger partial charge is 0.486 e. The van der Waals surface area contributed by atoms with Gasteiger partial charge in [0.1, 0.15) is 24.7 Å². The first-order chi connectivity index (χ1) is 12.2. The fourth-order valence-electron chi connectivity index (χ4n) is 2.67. The van der Waals surface area contributed by atoms with E-state index in [4.69, 9.17) is 37.1 Å². The van der Waals surface area contributed by atoms with E-state index in [1.807, 2.05) is 42.5 Å². The summed E-state index contributed by atoms with van der Waals surface area (Å²) in [5, 5.41) is 4.47. The molecule has 0 atom stereocenters. The van der Waals surface area contributed by atoms with Gasteiger partial charge in [-0.2, -0.15) is 0 Å². The third-order valence-corrected chi connectivity index (χ3v) is 4.25. The van der Waals surface area contributed by atoms with Crippen LogP contribution in [0.4, 0.5) is 5.69 Å². The highest BCUT2D eigenvalue weighted by Gasteiger charge is 2.12. The molecule has 25 heavy (non-hydrogen) atoms. The third-order valence-electron chi connectivity index (χ3n) is 3.82. The van der Waals surface area contributed by atoms with Gasteiger partial charge in [-0.15, -0.1) is 0 Å². The molecule has 1 aliphatic rings. The number of furan rings is 1. The molecule has 4 rings (SSSR count). The lowest BCUT2D eigenvalue weighted by molar-refractivity contribution is 0.171. The smallest absolute Gasteiger partial charge is 0.163 e. The monoisotopic (exact) mass is 375 g/mol. The first kappa shape index (κ1) is 16.2. The van der Waals surface area contributed by atoms with E-state index in [-0.39, 0.29) is 0 Å². The molecule has 1 aromatic heterocycles. The maximum absolute atomic E-state index is 6.05. The number of hydrogen-bond acceptors (Lipinski definition) is 4. The lowest BCUT2D eigenvalue weighted by Gasteiger charge is -2.19. The molecule has 0 saturated heterocycles. The van der Waals surface area contributed by atoms with Gasteiger partial charge in [0.2, 0.25) is 0 Å². The van der Waals surface area contributed by atoms with Gasteiger partial charge >= 0.3 is 0 Å². The highest BCUT2D eigenvalue weighted by Crippen LogP contribution is 2.33. The summed E-state index contributed by atoms with van der Waals surface area (Å²) in [6.07, 6.45) is 0. The Kier molecular flexibility index (Phi) is 4.47. The summed E-state index contributed by atoms with van der Waals surface area (Å²) in [5.41, 5.74) is 1.79. The molecule has 0 spiro atoms. The first-order valence-electron chi connectivity index (χ1n) is 7.86.